The second-order valence-electron chi connectivity index (χ2n) is 8.54. The minimum Gasteiger partial charge on any atom is -0.497 e. The Labute approximate surface area is 230 Å². The normalized spacial score (nSPS) is 14.8. The maximum atomic E-state index is 13.5. The molecule has 0 radical (unpaired) electrons. The van der Waals surface area contributed by atoms with Crippen LogP contribution in [-0.2, 0) is 19.1 Å². The third kappa shape index (κ3) is 5.08. The molecule has 0 spiro atoms. The van der Waals surface area contributed by atoms with E-state index in [1.165, 1.54) is 25.2 Å². The summed E-state index contributed by atoms with van der Waals surface area (Å²) >= 11 is 0. The molecule has 1 amide bonds. The summed E-state index contributed by atoms with van der Waals surface area (Å²) in [5.41, 5.74) is 7.38. The van der Waals surface area contributed by atoms with Gasteiger partial charge in [-0.25, -0.2) is 9.59 Å². The number of ether oxygens (including phenoxy) is 3. The number of methoxy groups -OCH3 is 3. The number of para-hydroxylation sites is 1. The predicted octanol–water partition coefficient (Wildman–Crippen LogP) is 3.85. The quantitative estimate of drug-likeness (QED) is 0.429. The molecule has 40 heavy (non-hydrogen) atoms. The lowest BCUT2D eigenvalue weighted by Gasteiger charge is -2.36. The van der Waals surface area contributed by atoms with Gasteiger partial charge in [-0.05, 0) is 29.8 Å². The third-order valence-corrected chi connectivity index (χ3v) is 6.33. The molecule has 0 fully saturated rings. The molecule has 1 atom stereocenters. The highest BCUT2D eigenvalue weighted by Gasteiger charge is 2.43. The highest BCUT2D eigenvalue weighted by molar-refractivity contribution is 6.11. The molecule has 1 heterocycles. The van der Waals surface area contributed by atoms with Crippen molar-refractivity contribution < 1.29 is 28.6 Å². The summed E-state index contributed by atoms with van der Waals surface area (Å²) in [6.07, 6.45) is 0. The summed E-state index contributed by atoms with van der Waals surface area (Å²) in [6, 6.07) is 23.9. The van der Waals surface area contributed by atoms with Gasteiger partial charge in [0.25, 0.3) is 5.91 Å². The minimum absolute atomic E-state index is 0.0118. The van der Waals surface area contributed by atoms with Crippen LogP contribution >= 0.6 is 0 Å². The fourth-order valence-electron chi connectivity index (χ4n) is 4.52. The molecule has 0 aliphatic carbocycles. The number of nitrogens with zero attached hydrogens (tertiary/aromatic N) is 2. The summed E-state index contributed by atoms with van der Waals surface area (Å²) < 4.78 is 15.4. The van der Waals surface area contributed by atoms with E-state index in [2.05, 4.69) is 11.4 Å². The number of amides is 1. The number of carbonyl (C=O) groups is 3. The van der Waals surface area contributed by atoms with Crippen LogP contribution in [0, 0.1) is 11.3 Å². The van der Waals surface area contributed by atoms with Crippen molar-refractivity contribution in [3.05, 3.63) is 113 Å². The molecular formula is C30H26N4O6. The Kier molecular flexibility index (Phi) is 8.16. The minimum atomic E-state index is -1.03. The van der Waals surface area contributed by atoms with Crippen molar-refractivity contribution in [1.29, 1.82) is 5.26 Å². The van der Waals surface area contributed by atoms with Gasteiger partial charge < -0.3 is 25.3 Å². The van der Waals surface area contributed by atoms with Gasteiger partial charge in [-0.1, -0.05) is 48.5 Å². The summed E-state index contributed by atoms with van der Waals surface area (Å²) in [4.78, 5) is 41.3. The molecule has 0 bridgehead atoms. The Morgan fingerprint density at radius 2 is 1.57 bits per heavy atom. The number of allylic oxidation sites excluding steroid dienone is 1. The SMILES string of the molecule is COC(=O)C1=C(C(=O)OC)N(c2ccccc2C(=O)Nc2cccc(OC)c2)C(N)=C(C#N)C1c1ccccc1. The number of nitriles is 1. The van der Waals surface area contributed by atoms with Crippen molar-refractivity contribution in [3.63, 3.8) is 0 Å². The van der Waals surface area contributed by atoms with Crippen LogP contribution in [0.25, 0.3) is 0 Å². The molecule has 3 aromatic carbocycles. The average molecular weight is 539 g/mol. The van der Waals surface area contributed by atoms with Crippen molar-refractivity contribution >= 4 is 29.2 Å². The molecule has 10 heteroatoms. The van der Waals surface area contributed by atoms with Gasteiger partial charge in [0.2, 0.25) is 0 Å². The number of rotatable bonds is 7. The van der Waals surface area contributed by atoms with Crippen molar-refractivity contribution in [2.24, 2.45) is 5.73 Å². The number of esters is 2. The number of benzene rings is 3. The lowest BCUT2D eigenvalue weighted by molar-refractivity contribution is -0.139. The molecule has 0 saturated heterocycles. The van der Waals surface area contributed by atoms with E-state index in [4.69, 9.17) is 19.9 Å². The van der Waals surface area contributed by atoms with Crippen LogP contribution < -0.4 is 20.7 Å². The Balaban J connectivity index is 1.95. The summed E-state index contributed by atoms with van der Waals surface area (Å²) in [5, 5.41) is 13.0. The molecule has 3 aromatic rings. The monoisotopic (exact) mass is 538 g/mol. The number of anilines is 2. The zero-order valence-electron chi connectivity index (χ0n) is 22.0. The van der Waals surface area contributed by atoms with Crippen molar-refractivity contribution in [2.45, 2.75) is 5.92 Å². The molecule has 1 unspecified atom stereocenters. The fraction of sp³-hybridized carbons (Fsp3) is 0.133. The van der Waals surface area contributed by atoms with Gasteiger partial charge >= 0.3 is 11.9 Å². The van der Waals surface area contributed by atoms with Gasteiger partial charge in [-0.3, -0.25) is 9.69 Å². The van der Waals surface area contributed by atoms with E-state index in [0.717, 1.165) is 7.11 Å². The second-order valence-corrected chi connectivity index (χ2v) is 8.54. The summed E-state index contributed by atoms with van der Waals surface area (Å²) in [7, 11) is 3.83. The number of nitrogens with two attached hydrogens (primary N) is 1. The lowest BCUT2D eigenvalue weighted by Crippen LogP contribution is -2.41. The molecule has 202 valence electrons. The van der Waals surface area contributed by atoms with Gasteiger partial charge in [-0.15, -0.1) is 0 Å². The Bertz CT molecular complexity index is 1570. The van der Waals surface area contributed by atoms with E-state index < -0.39 is 23.8 Å². The summed E-state index contributed by atoms with van der Waals surface area (Å²) in [5.74, 6) is -2.95. The molecule has 1 aliphatic heterocycles. The van der Waals surface area contributed by atoms with Gasteiger partial charge in [0.1, 0.15) is 17.3 Å². The molecule has 0 aromatic heterocycles. The number of hydrogen-bond donors (Lipinski definition) is 2. The van der Waals surface area contributed by atoms with E-state index in [1.54, 1.807) is 72.8 Å². The van der Waals surface area contributed by atoms with E-state index >= 15 is 0 Å². The van der Waals surface area contributed by atoms with Crippen LogP contribution in [0.15, 0.2) is 102 Å². The van der Waals surface area contributed by atoms with Crippen LogP contribution in [0.5, 0.6) is 5.75 Å². The maximum Gasteiger partial charge on any atom is 0.355 e. The predicted molar refractivity (Wildman–Crippen MR) is 147 cm³/mol. The first-order valence-corrected chi connectivity index (χ1v) is 12.1. The standard InChI is InChI=1S/C30H26N4O6/c1-38-20-13-9-12-19(16-20)33-28(35)21-14-7-8-15-23(21)34-26(30(37)40-3)25(29(36)39-2)24(22(17-31)27(34)32)18-10-5-4-6-11-18/h4-16,24H,32H2,1-3H3,(H,33,35). The maximum absolute atomic E-state index is 13.5. The molecule has 10 nitrogen and oxygen atoms in total. The first-order chi connectivity index (χ1) is 19.4. The number of carbonyl (C=O) groups excluding carboxylic acids is 3. The zero-order chi connectivity index (χ0) is 28.8. The van der Waals surface area contributed by atoms with Gasteiger partial charge in [-0.2, -0.15) is 5.26 Å². The largest absolute Gasteiger partial charge is 0.497 e. The Morgan fingerprint density at radius 1 is 0.900 bits per heavy atom. The molecular weight excluding hydrogens is 512 g/mol. The molecule has 1 aliphatic rings. The third-order valence-electron chi connectivity index (χ3n) is 6.33. The van der Waals surface area contributed by atoms with Gasteiger partial charge in [0.15, 0.2) is 0 Å². The first kappa shape index (κ1) is 27.5. The Morgan fingerprint density at radius 3 is 2.23 bits per heavy atom. The van der Waals surface area contributed by atoms with Crippen LogP contribution in [0.3, 0.4) is 0 Å². The summed E-state index contributed by atoms with van der Waals surface area (Å²) in [6.45, 7) is 0. The number of nitrogens with one attached hydrogen (secondary N) is 1. The van der Waals surface area contributed by atoms with E-state index in [1.807, 2.05) is 0 Å². The van der Waals surface area contributed by atoms with Gasteiger partial charge in [0.05, 0.1) is 55.7 Å². The van der Waals surface area contributed by atoms with Crippen LogP contribution in [0.2, 0.25) is 0 Å². The van der Waals surface area contributed by atoms with E-state index in [-0.39, 0.29) is 33.9 Å². The van der Waals surface area contributed by atoms with Crippen LogP contribution in [0.4, 0.5) is 11.4 Å². The topological polar surface area (TPSA) is 144 Å². The van der Waals surface area contributed by atoms with Crippen molar-refractivity contribution in [2.75, 3.05) is 31.5 Å². The number of hydrogen-bond acceptors (Lipinski definition) is 9. The van der Waals surface area contributed by atoms with Crippen LogP contribution in [0.1, 0.15) is 21.8 Å². The fourth-order valence-corrected chi connectivity index (χ4v) is 4.52. The average Bonchev–Trinajstić information content (AvgIpc) is 3.00. The van der Waals surface area contributed by atoms with E-state index in [0.29, 0.717) is 17.0 Å². The second kappa shape index (κ2) is 11.9. The lowest BCUT2D eigenvalue weighted by atomic mass is 9.80. The Hall–Kier alpha value is -5.56. The van der Waals surface area contributed by atoms with Crippen molar-refractivity contribution in [3.8, 4) is 11.8 Å². The van der Waals surface area contributed by atoms with Gasteiger partial charge in [0, 0.05) is 11.8 Å². The highest BCUT2D eigenvalue weighted by Crippen LogP contribution is 2.44. The van der Waals surface area contributed by atoms with Crippen LogP contribution in [-0.4, -0.2) is 39.2 Å². The molecule has 0 saturated carbocycles. The smallest absolute Gasteiger partial charge is 0.355 e. The zero-order valence-corrected chi connectivity index (χ0v) is 22.0. The van der Waals surface area contributed by atoms with E-state index in [9.17, 15) is 19.6 Å². The molecule has 4 rings (SSSR count). The highest BCUT2D eigenvalue weighted by atomic mass is 16.5. The van der Waals surface area contributed by atoms with Crippen molar-refractivity contribution in [1.82, 2.24) is 0 Å². The molecule has 3 N–H and O–H groups in total. The first-order valence-electron chi connectivity index (χ1n) is 12.1.